The molecule has 1 aromatic carbocycles. The van der Waals surface area contributed by atoms with E-state index in [1.807, 2.05) is 24.4 Å². The quantitative estimate of drug-likeness (QED) is 0.437. The Labute approximate surface area is 138 Å². The van der Waals surface area contributed by atoms with Crippen molar-refractivity contribution in [1.82, 2.24) is 9.55 Å². The van der Waals surface area contributed by atoms with Crippen LogP contribution in [-0.4, -0.2) is 20.7 Å². The van der Waals surface area contributed by atoms with E-state index in [1.54, 1.807) is 6.21 Å². The Morgan fingerprint density at radius 1 is 1.29 bits per heavy atom. The van der Waals surface area contributed by atoms with Crippen LogP contribution in [0.2, 0.25) is 0 Å². The Balaban J connectivity index is 1.91. The molecule has 0 bridgehead atoms. The molecule has 24 heavy (non-hydrogen) atoms. The number of aromatic nitrogens is 2. The third-order valence-electron chi connectivity index (χ3n) is 3.68. The van der Waals surface area contributed by atoms with Crippen LogP contribution < -0.4 is 5.43 Å². The van der Waals surface area contributed by atoms with E-state index in [0.717, 1.165) is 16.5 Å². The van der Waals surface area contributed by atoms with Crippen molar-refractivity contribution >= 4 is 28.6 Å². The standard InChI is InChI=1S/C17H17N5O2/c1-12(2)21-11-13(14-6-3-4-7-15(14)21)10-19-20-17-16(22(23)24)8-5-9-18-17/h3-12H,1-2H3,(H,18,20)/b19-10-. The highest BCUT2D eigenvalue weighted by Gasteiger charge is 2.13. The molecule has 0 radical (unpaired) electrons. The third-order valence-corrected chi connectivity index (χ3v) is 3.68. The second-order valence-electron chi connectivity index (χ2n) is 5.60. The molecule has 2 heterocycles. The lowest BCUT2D eigenvalue weighted by Gasteiger charge is -2.08. The lowest BCUT2D eigenvalue weighted by atomic mass is 10.2. The molecule has 0 atom stereocenters. The highest BCUT2D eigenvalue weighted by atomic mass is 16.6. The van der Waals surface area contributed by atoms with E-state index in [-0.39, 0.29) is 11.5 Å². The minimum absolute atomic E-state index is 0.112. The second-order valence-corrected chi connectivity index (χ2v) is 5.60. The van der Waals surface area contributed by atoms with Crippen LogP contribution in [0.3, 0.4) is 0 Å². The molecular weight excluding hydrogens is 306 g/mol. The summed E-state index contributed by atoms with van der Waals surface area (Å²) < 4.78 is 2.17. The maximum Gasteiger partial charge on any atom is 0.313 e. The van der Waals surface area contributed by atoms with Crippen molar-refractivity contribution in [2.45, 2.75) is 19.9 Å². The minimum Gasteiger partial charge on any atom is -0.344 e. The monoisotopic (exact) mass is 323 g/mol. The van der Waals surface area contributed by atoms with E-state index in [4.69, 9.17) is 0 Å². The van der Waals surface area contributed by atoms with E-state index in [2.05, 4.69) is 40.0 Å². The normalized spacial score (nSPS) is 11.5. The van der Waals surface area contributed by atoms with Crippen molar-refractivity contribution < 1.29 is 4.92 Å². The number of hydrogen-bond donors (Lipinski definition) is 1. The van der Waals surface area contributed by atoms with Gasteiger partial charge >= 0.3 is 5.69 Å². The van der Waals surface area contributed by atoms with E-state index in [1.165, 1.54) is 18.3 Å². The molecule has 0 aliphatic carbocycles. The summed E-state index contributed by atoms with van der Waals surface area (Å²) >= 11 is 0. The predicted octanol–water partition coefficient (Wildman–Crippen LogP) is 3.97. The molecule has 0 saturated carbocycles. The van der Waals surface area contributed by atoms with Crippen molar-refractivity contribution in [3.63, 3.8) is 0 Å². The summed E-state index contributed by atoms with van der Waals surface area (Å²) in [7, 11) is 0. The summed E-state index contributed by atoms with van der Waals surface area (Å²) in [5, 5.41) is 16.2. The van der Waals surface area contributed by atoms with Gasteiger partial charge in [-0.2, -0.15) is 5.10 Å². The average molecular weight is 323 g/mol. The Morgan fingerprint density at radius 3 is 2.83 bits per heavy atom. The Kier molecular flexibility index (Phi) is 4.24. The zero-order valence-corrected chi connectivity index (χ0v) is 13.4. The molecule has 1 N–H and O–H groups in total. The first kappa shape index (κ1) is 15.7. The van der Waals surface area contributed by atoms with Crippen molar-refractivity contribution in [2.24, 2.45) is 5.10 Å². The largest absolute Gasteiger partial charge is 0.344 e. The van der Waals surface area contributed by atoms with Crippen molar-refractivity contribution in [3.05, 3.63) is 64.5 Å². The molecule has 0 unspecified atom stereocenters. The second kappa shape index (κ2) is 6.49. The van der Waals surface area contributed by atoms with E-state index in [9.17, 15) is 10.1 Å². The number of hydrazone groups is 1. The predicted molar refractivity (Wildman–Crippen MR) is 94.4 cm³/mol. The average Bonchev–Trinajstić information content (AvgIpc) is 2.94. The van der Waals surface area contributed by atoms with Crippen LogP contribution >= 0.6 is 0 Å². The summed E-state index contributed by atoms with van der Waals surface area (Å²) in [4.78, 5) is 14.4. The molecule has 0 aliphatic heterocycles. The molecule has 3 aromatic rings. The number of nitro groups is 1. The number of nitrogens with zero attached hydrogens (tertiary/aromatic N) is 4. The van der Waals surface area contributed by atoms with Gasteiger partial charge in [0.25, 0.3) is 0 Å². The van der Waals surface area contributed by atoms with Crippen molar-refractivity contribution in [3.8, 4) is 0 Å². The first-order chi connectivity index (χ1) is 11.6. The lowest BCUT2D eigenvalue weighted by molar-refractivity contribution is -0.384. The van der Waals surface area contributed by atoms with E-state index < -0.39 is 4.92 Å². The number of anilines is 1. The summed E-state index contributed by atoms with van der Waals surface area (Å²) in [5.41, 5.74) is 4.60. The fraction of sp³-hybridized carbons (Fsp3) is 0.176. The number of nitrogens with one attached hydrogen (secondary N) is 1. The van der Waals surface area contributed by atoms with Gasteiger partial charge in [0.05, 0.1) is 11.1 Å². The van der Waals surface area contributed by atoms with Crippen LogP contribution in [0, 0.1) is 10.1 Å². The molecule has 0 saturated heterocycles. The van der Waals surface area contributed by atoms with Crippen molar-refractivity contribution in [2.75, 3.05) is 5.43 Å². The SMILES string of the molecule is CC(C)n1cc(/C=N\Nc2ncccc2[N+](=O)[O-])c2ccccc21. The molecule has 122 valence electrons. The van der Waals surface area contributed by atoms with Gasteiger partial charge < -0.3 is 4.57 Å². The van der Waals surface area contributed by atoms with Crippen LogP contribution in [0.4, 0.5) is 11.5 Å². The zero-order chi connectivity index (χ0) is 17.1. The van der Waals surface area contributed by atoms with Crippen LogP contribution in [0.1, 0.15) is 25.5 Å². The topological polar surface area (TPSA) is 85.3 Å². The Morgan fingerprint density at radius 2 is 2.08 bits per heavy atom. The highest BCUT2D eigenvalue weighted by Crippen LogP contribution is 2.24. The van der Waals surface area contributed by atoms with E-state index in [0.29, 0.717) is 6.04 Å². The van der Waals surface area contributed by atoms with Gasteiger partial charge in [-0.15, -0.1) is 0 Å². The van der Waals surface area contributed by atoms with Gasteiger partial charge in [-0.1, -0.05) is 18.2 Å². The number of fused-ring (bicyclic) bond motifs is 1. The molecule has 0 aliphatic rings. The van der Waals surface area contributed by atoms with Crippen LogP contribution in [0.15, 0.2) is 53.9 Å². The number of rotatable bonds is 5. The molecule has 0 amide bonds. The molecule has 7 heteroatoms. The van der Waals surface area contributed by atoms with Gasteiger partial charge in [0.2, 0.25) is 5.82 Å². The number of para-hydroxylation sites is 1. The first-order valence-electron chi connectivity index (χ1n) is 7.56. The molecular formula is C17H17N5O2. The summed E-state index contributed by atoms with van der Waals surface area (Å²) in [6.07, 6.45) is 5.16. The lowest BCUT2D eigenvalue weighted by Crippen LogP contribution is -1.99. The Bertz CT molecular complexity index is 914. The summed E-state index contributed by atoms with van der Waals surface area (Å²) in [6, 6.07) is 11.3. The summed E-state index contributed by atoms with van der Waals surface area (Å²) in [6.45, 7) is 4.23. The third kappa shape index (κ3) is 2.96. The van der Waals surface area contributed by atoms with Crippen LogP contribution in [0.25, 0.3) is 10.9 Å². The van der Waals surface area contributed by atoms with Gasteiger partial charge in [-0.25, -0.2) is 4.98 Å². The Hall–Kier alpha value is -3.22. The molecule has 0 fully saturated rings. The highest BCUT2D eigenvalue weighted by molar-refractivity contribution is 5.99. The van der Waals surface area contributed by atoms with Crippen LogP contribution in [0.5, 0.6) is 0 Å². The van der Waals surface area contributed by atoms with Gasteiger partial charge in [0, 0.05) is 41.0 Å². The first-order valence-corrected chi connectivity index (χ1v) is 7.56. The van der Waals surface area contributed by atoms with Crippen LogP contribution in [-0.2, 0) is 0 Å². The van der Waals surface area contributed by atoms with Crippen molar-refractivity contribution in [1.29, 1.82) is 0 Å². The van der Waals surface area contributed by atoms with Gasteiger partial charge in [0.1, 0.15) is 0 Å². The number of pyridine rings is 1. The molecule has 7 nitrogen and oxygen atoms in total. The maximum absolute atomic E-state index is 11.0. The summed E-state index contributed by atoms with van der Waals surface area (Å²) in [5.74, 6) is 0.117. The van der Waals surface area contributed by atoms with Gasteiger partial charge in [-0.05, 0) is 26.0 Å². The minimum atomic E-state index is -0.491. The maximum atomic E-state index is 11.0. The number of benzene rings is 1. The molecule has 0 spiro atoms. The molecule has 3 rings (SSSR count). The van der Waals surface area contributed by atoms with Gasteiger partial charge in [-0.3, -0.25) is 15.5 Å². The number of hydrogen-bond acceptors (Lipinski definition) is 5. The van der Waals surface area contributed by atoms with E-state index >= 15 is 0 Å². The van der Waals surface area contributed by atoms with Gasteiger partial charge in [0.15, 0.2) is 0 Å². The zero-order valence-electron chi connectivity index (χ0n) is 13.4. The fourth-order valence-electron chi connectivity index (χ4n) is 2.56. The smallest absolute Gasteiger partial charge is 0.313 e. The fourth-order valence-corrected chi connectivity index (χ4v) is 2.56. The molecule has 2 aromatic heterocycles.